The number of ether oxygens (including phenoxy) is 3. The van der Waals surface area contributed by atoms with E-state index in [9.17, 15) is 27.5 Å². The molecule has 2 aromatic heterocycles. The molecule has 1 atom stereocenters. The van der Waals surface area contributed by atoms with E-state index in [2.05, 4.69) is 23.8 Å². The summed E-state index contributed by atoms with van der Waals surface area (Å²) in [5.74, 6) is -5.59. The van der Waals surface area contributed by atoms with E-state index in [4.69, 9.17) is 14.2 Å². The van der Waals surface area contributed by atoms with Crippen molar-refractivity contribution in [1.29, 1.82) is 0 Å². The summed E-state index contributed by atoms with van der Waals surface area (Å²) in [6.07, 6.45) is 0.907. The molecule has 0 unspecified atom stereocenters. The number of methoxy groups -OCH3 is 2. The lowest BCUT2D eigenvalue weighted by Gasteiger charge is -2.18. The maximum Gasteiger partial charge on any atom is 0.326 e. The van der Waals surface area contributed by atoms with Gasteiger partial charge in [-0.15, -0.1) is 0 Å². The van der Waals surface area contributed by atoms with Gasteiger partial charge in [0.15, 0.2) is 0 Å². The lowest BCUT2D eigenvalue weighted by atomic mass is 9.96. The monoisotopic (exact) mass is 807 g/mol. The van der Waals surface area contributed by atoms with Gasteiger partial charge in [-0.25, -0.2) is 27.0 Å². The molecule has 0 aliphatic heterocycles. The molecule has 56 heavy (non-hydrogen) atoms. The highest BCUT2D eigenvalue weighted by molar-refractivity contribution is 7.92. The first-order valence-electron chi connectivity index (χ1n) is 16.7. The van der Waals surface area contributed by atoms with Gasteiger partial charge in [-0.3, -0.25) is 9.52 Å². The zero-order chi connectivity index (χ0) is 40.1. The minimum atomic E-state index is -4.38. The number of aliphatic carboxylic acids is 1. The molecule has 0 saturated carbocycles. The van der Waals surface area contributed by atoms with Crippen LogP contribution in [0.15, 0.2) is 83.9 Å². The highest BCUT2D eigenvalue weighted by Crippen LogP contribution is 2.43. The second-order valence-electron chi connectivity index (χ2n) is 12.1. The number of carboxylic acid groups (broad SMARTS) is 1. The Morgan fingerprint density at radius 3 is 2.14 bits per heavy atom. The van der Waals surface area contributed by atoms with Crippen molar-refractivity contribution >= 4 is 50.3 Å². The van der Waals surface area contributed by atoms with Gasteiger partial charge in [0.05, 0.1) is 48.7 Å². The van der Waals surface area contributed by atoms with Crippen LogP contribution in [-0.4, -0.2) is 66.0 Å². The SMILES string of the molecule is CCOCc1cc(OC)c(-c2ccc(C[C@H](NC(=O)c3c(F)cc(NS(=O)(=O)c4ccc(-c5ccnc(F)c5)cc4)cc3F)C(=O)O)c3nsnc23)c(OC)c1. The third-order valence-electron chi connectivity index (χ3n) is 8.58. The molecule has 18 heteroatoms. The number of benzene rings is 4. The number of carbonyl (C=O) groups excluding carboxylic acids is 1. The van der Waals surface area contributed by atoms with Crippen LogP contribution in [-0.2, 0) is 32.6 Å². The summed E-state index contributed by atoms with van der Waals surface area (Å²) in [6.45, 7) is 2.71. The highest BCUT2D eigenvalue weighted by Gasteiger charge is 2.28. The number of hydrogen-bond donors (Lipinski definition) is 3. The molecule has 290 valence electrons. The number of anilines is 1. The summed E-state index contributed by atoms with van der Waals surface area (Å²) in [6, 6.07) is 14.4. The first kappa shape index (κ1) is 39.6. The Kier molecular flexibility index (Phi) is 11.8. The summed E-state index contributed by atoms with van der Waals surface area (Å²) in [5, 5.41) is 12.2. The molecular weight excluding hydrogens is 776 g/mol. The third kappa shape index (κ3) is 8.41. The Morgan fingerprint density at radius 1 is 0.875 bits per heavy atom. The lowest BCUT2D eigenvalue weighted by Crippen LogP contribution is -2.43. The first-order chi connectivity index (χ1) is 26.8. The minimum Gasteiger partial charge on any atom is -0.496 e. The molecule has 6 aromatic rings. The van der Waals surface area contributed by atoms with Gasteiger partial charge in [0, 0.05) is 30.9 Å². The smallest absolute Gasteiger partial charge is 0.326 e. The average molecular weight is 808 g/mol. The van der Waals surface area contributed by atoms with Crippen molar-refractivity contribution in [2.45, 2.75) is 30.9 Å². The number of hydrogen-bond acceptors (Lipinski definition) is 11. The Hall–Kier alpha value is -6.11. The predicted octanol–water partition coefficient (Wildman–Crippen LogP) is 6.62. The number of pyridine rings is 1. The Bertz CT molecular complexity index is 2510. The molecule has 0 radical (unpaired) electrons. The molecule has 6 rings (SSSR count). The first-order valence-corrected chi connectivity index (χ1v) is 18.9. The van der Waals surface area contributed by atoms with E-state index in [1.807, 2.05) is 6.92 Å². The number of fused-ring (bicyclic) bond motifs is 1. The van der Waals surface area contributed by atoms with Crippen molar-refractivity contribution in [3.63, 3.8) is 0 Å². The molecule has 3 N–H and O–H groups in total. The van der Waals surface area contributed by atoms with Crippen LogP contribution >= 0.6 is 11.7 Å². The van der Waals surface area contributed by atoms with Crippen LogP contribution in [0, 0.1) is 17.6 Å². The zero-order valence-corrected chi connectivity index (χ0v) is 31.4. The minimum absolute atomic E-state index is 0.270. The van der Waals surface area contributed by atoms with Gasteiger partial charge >= 0.3 is 5.97 Å². The summed E-state index contributed by atoms with van der Waals surface area (Å²) >= 11 is 0.872. The van der Waals surface area contributed by atoms with Gasteiger partial charge in [-0.2, -0.15) is 13.1 Å². The Morgan fingerprint density at radius 2 is 1.54 bits per heavy atom. The molecule has 0 aliphatic carbocycles. The number of carboxylic acids is 1. The second-order valence-corrected chi connectivity index (χ2v) is 14.3. The molecule has 0 saturated heterocycles. The van der Waals surface area contributed by atoms with Crippen LogP contribution in [0.3, 0.4) is 0 Å². The maximum absolute atomic E-state index is 15.3. The number of nitrogens with zero attached hydrogens (tertiary/aromatic N) is 3. The topological polar surface area (TPSA) is 179 Å². The van der Waals surface area contributed by atoms with Gasteiger partial charge in [-0.05, 0) is 71.6 Å². The van der Waals surface area contributed by atoms with Gasteiger partial charge in [0.25, 0.3) is 15.9 Å². The Labute approximate surface area is 322 Å². The fourth-order valence-corrected chi connectivity index (χ4v) is 7.57. The van der Waals surface area contributed by atoms with Crippen LogP contribution in [0.5, 0.6) is 11.5 Å². The van der Waals surface area contributed by atoms with Crippen LogP contribution in [0.2, 0.25) is 0 Å². The van der Waals surface area contributed by atoms with E-state index < -0.39 is 56.8 Å². The number of rotatable bonds is 15. The molecule has 2 heterocycles. The van der Waals surface area contributed by atoms with E-state index in [-0.39, 0.29) is 11.3 Å². The van der Waals surface area contributed by atoms with Crippen LogP contribution in [0.25, 0.3) is 33.3 Å². The lowest BCUT2D eigenvalue weighted by molar-refractivity contribution is -0.139. The average Bonchev–Trinajstić information content (AvgIpc) is 3.67. The van der Waals surface area contributed by atoms with Gasteiger partial charge in [0.2, 0.25) is 5.95 Å². The van der Waals surface area contributed by atoms with Crippen LogP contribution in [0.1, 0.15) is 28.4 Å². The zero-order valence-electron chi connectivity index (χ0n) is 29.8. The quantitative estimate of drug-likeness (QED) is 0.0951. The van der Waals surface area contributed by atoms with E-state index in [0.29, 0.717) is 75.7 Å². The van der Waals surface area contributed by atoms with Crippen LogP contribution in [0.4, 0.5) is 18.9 Å². The van der Waals surface area contributed by atoms with E-state index in [1.165, 1.54) is 56.8 Å². The Balaban J connectivity index is 1.21. The number of aromatic nitrogens is 3. The summed E-state index contributed by atoms with van der Waals surface area (Å²) in [5.41, 5.74) is 2.30. The van der Waals surface area contributed by atoms with Crippen molar-refractivity contribution in [1.82, 2.24) is 19.0 Å². The van der Waals surface area contributed by atoms with E-state index in [1.54, 1.807) is 24.3 Å². The number of carbonyl (C=O) groups is 2. The summed E-state index contributed by atoms with van der Waals surface area (Å²) < 4.78 is 98.0. The molecular formula is C38H32F3N5O8S2. The maximum atomic E-state index is 15.3. The normalized spacial score (nSPS) is 12.0. The number of amides is 1. The summed E-state index contributed by atoms with van der Waals surface area (Å²) in [7, 11) is -1.37. The van der Waals surface area contributed by atoms with E-state index in [0.717, 1.165) is 17.3 Å². The molecule has 13 nitrogen and oxygen atoms in total. The van der Waals surface area contributed by atoms with Crippen molar-refractivity contribution in [3.8, 4) is 33.8 Å². The standard InChI is InChI=1S/C38H32F3N5O8S2/c1-4-54-19-20-13-30(52-2)33(31(14-20)53-3)26-10-7-23(35-36(26)45-55-44-35)15-29(38(48)49)43-37(47)34-27(39)17-24(18-28(34)40)46-56(50,51)25-8-5-21(6-9-25)22-11-12-42-32(41)16-22/h5-14,16-18,29,46H,4,15,19H2,1-3H3,(H,43,47)(H,48,49)/t29-/m0/s1. The molecule has 0 aliphatic rings. The number of halogens is 3. The van der Waals surface area contributed by atoms with Gasteiger partial charge < -0.3 is 24.6 Å². The fourth-order valence-electron chi connectivity index (χ4n) is 5.94. The van der Waals surface area contributed by atoms with Crippen molar-refractivity contribution in [2.24, 2.45) is 0 Å². The fraction of sp³-hybridized carbons (Fsp3) is 0.184. The van der Waals surface area contributed by atoms with Crippen molar-refractivity contribution in [2.75, 3.05) is 25.5 Å². The summed E-state index contributed by atoms with van der Waals surface area (Å²) in [4.78, 5) is 28.8. The predicted molar refractivity (Wildman–Crippen MR) is 201 cm³/mol. The third-order valence-corrected chi connectivity index (χ3v) is 10.5. The molecule has 4 aromatic carbocycles. The number of sulfonamides is 1. The molecule has 1 amide bonds. The van der Waals surface area contributed by atoms with E-state index >= 15 is 8.78 Å². The number of nitrogens with one attached hydrogen (secondary N) is 2. The van der Waals surface area contributed by atoms with Crippen LogP contribution < -0.4 is 19.5 Å². The van der Waals surface area contributed by atoms with Gasteiger partial charge in [0.1, 0.15) is 45.8 Å². The molecule has 0 bridgehead atoms. The highest BCUT2D eigenvalue weighted by atomic mass is 32.2. The van der Waals surface area contributed by atoms with Crippen molar-refractivity contribution < 1.29 is 50.5 Å². The van der Waals surface area contributed by atoms with Gasteiger partial charge in [-0.1, -0.05) is 24.3 Å². The molecule has 0 spiro atoms. The largest absolute Gasteiger partial charge is 0.496 e. The van der Waals surface area contributed by atoms with Crippen molar-refractivity contribution in [3.05, 3.63) is 113 Å². The second kappa shape index (κ2) is 16.7. The molecule has 0 fully saturated rings.